The summed E-state index contributed by atoms with van der Waals surface area (Å²) >= 11 is 5.92. The maximum absolute atomic E-state index is 12.4. The van der Waals surface area contributed by atoms with Gasteiger partial charge in [-0.2, -0.15) is 35.3 Å². The fourth-order valence-corrected chi connectivity index (χ4v) is 9.32. The average molecular weight is 792 g/mol. The van der Waals surface area contributed by atoms with Gasteiger partial charge in [0.05, 0.1) is 12.5 Å². The zero-order chi connectivity index (χ0) is 40.2. The molecular formula is C45H77NO4S3. The number of carboxylic acid groups (broad SMARTS) is 1. The summed E-state index contributed by atoms with van der Waals surface area (Å²) in [6, 6.07) is 15.2. The van der Waals surface area contributed by atoms with E-state index in [1.165, 1.54) is 67.6 Å². The molecule has 2 aromatic rings. The maximum Gasteiger partial charge on any atom is 0.306 e. The third-order valence-corrected chi connectivity index (χ3v) is 13.0. The molecular weight excluding hydrogens is 715 g/mol. The Hall–Kier alpha value is -1.45. The van der Waals surface area contributed by atoms with Crippen LogP contribution >= 0.6 is 35.3 Å². The first-order valence-electron chi connectivity index (χ1n) is 20.4. The third kappa shape index (κ3) is 20.9. The van der Waals surface area contributed by atoms with Gasteiger partial charge in [-0.1, -0.05) is 111 Å². The number of carboxylic acids is 1. The van der Waals surface area contributed by atoms with Crippen LogP contribution in [0.1, 0.15) is 135 Å². The standard InChI is InChI=1S/C29H39NO2S.C6H12O2S.C6H14S.2C2H6/c1-21-9-7-8-12-27(21)29-15-24(13-14-28(29)22(2)31)17-30-18-26(16-25(30)19-32-3)33-20-23-10-5-4-6-11-23;1-5(6(7)8)3-4-9-2;1-4-6(3)7-5-2;2*1-2/h7-9,12-15,23,25-26H,4-6,10-11,16-20H2,1-3H3;5H,3-4H2,1-2H3,(H,7,8);6H,4-5H2,1-3H3;2*1-2H3. The lowest BCUT2D eigenvalue weighted by Gasteiger charge is -2.24. The summed E-state index contributed by atoms with van der Waals surface area (Å²) in [5, 5.41) is 9.96. The molecule has 53 heavy (non-hydrogen) atoms. The number of ketones is 1. The third-order valence-electron chi connectivity index (χ3n) is 9.63. The Bertz CT molecular complexity index is 1240. The lowest BCUT2D eigenvalue weighted by molar-refractivity contribution is -0.141. The molecule has 4 unspecified atom stereocenters. The van der Waals surface area contributed by atoms with Gasteiger partial charge in [0.1, 0.15) is 0 Å². The van der Waals surface area contributed by atoms with Crippen LogP contribution in [-0.2, 0) is 16.1 Å². The minimum atomic E-state index is -0.691. The summed E-state index contributed by atoms with van der Waals surface area (Å²) in [6.45, 7) is 23.0. The highest BCUT2D eigenvalue weighted by atomic mass is 32.2. The van der Waals surface area contributed by atoms with E-state index in [9.17, 15) is 9.59 Å². The molecule has 304 valence electrons. The first-order valence-corrected chi connectivity index (χ1v) is 23.9. The number of Topliss-reactive ketones (excluding diaryl/α,β-unsaturated/α-hetero) is 1. The van der Waals surface area contributed by atoms with Crippen molar-refractivity contribution < 1.29 is 19.4 Å². The van der Waals surface area contributed by atoms with Crippen LogP contribution in [0, 0.1) is 18.8 Å². The number of hydrogen-bond donors (Lipinski definition) is 1. The summed E-state index contributed by atoms with van der Waals surface area (Å²) in [7, 11) is 1.82. The second-order valence-corrected chi connectivity index (χ2v) is 17.7. The van der Waals surface area contributed by atoms with Crippen LogP contribution < -0.4 is 0 Å². The summed E-state index contributed by atoms with van der Waals surface area (Å²) in [5.41, 5.74) is 5.50. The van der Waals surface area contributed by atoms with Gasteiger partial charge in [0.2, 0.25) is 0 Å². The van der Waals surface area contributed by atoms with E-state index in [-0.39, 0.29) is 11.7 Å². The molecule has 2 fully saturated rings. The van der Waals surface area contributed by atoms with Gasteiger partial charge in [-0.05, 0) is 104 Å². The van der Waals surface area contributed by atoms with E-state index in [0.717, 1.165) is 59.7 Å². The quantitative estimate of drug-likeness (QED) is 0.169. The number of methoxy groups -OCH3 is 1. The van der Waals surface area contributed by atoms with Crippen LogP contribution in [0.5, 0.6) is 0 Å². The predicted molar refractivity (Wildman–Crippen MR) is 241 cm³/mol. The number of nitrogens with zero attached hydrogens (tertiary/aromatic N) is 1. The van der Waals surface area contributed by atoms with Gasteiger partial charge in [0.15, 0.2) is 5.78 Å². The first kappa shape index (κ1) is 51.5. The molecule has 1 saturated heterocycles. The molecule has 0 spiro atoms. The Morgan fingerprint density at radius 2 is 1.64 bits per heavy atom. The van der Waals surface area contributed by atoms with Crippen LogP contribution in [0.2, 0.25) is 0 Å². The predicted octanol–water partition coefficient (Wildman–Crippen LogP) is 12.8. The number of benzene rings is 2. The number of ether oxygens (including phenoxy) is 1. The highest BCUT2D eigenvalue weighted by molar-refractivity contribution is 8.00. The van der Waals surface area contributed by atoms with Gasteiger partial charge in [0.25, 0.3) is 0 Å². The molecule has 1 saturated carbocycles. The Morgan fingerprint density at radius 1 is 0.981 bits per heavy atom. The van der Waals surface area contributed by atoms with Crippen LogP contribution in [0.25, 0.3) is 11.1 Å². The summed E-state index contributed by atoms with van der Waals surface area (Å²) in [4.78, 5) is 25.2. The fraction of sp³-hybridized carbons (Fsp3) is 0.689. The molecule has 1 aliphatic carbocycles. The highest BCUT2D eigenvalue weighted by Gasteiger charge is 2.33. The second-order valence-electron chi connectivity index (χ2n) is 13.7. The Labute approximate surface area is 339 Å². The molecule has 1 aliphatic heterocycles. The van der Waals surface area contributed by atoms with Gasteiger partial charge in [-0.15, -0.1) is 0 Å². The van der Waals surface area contributed by atoms with Crippen molar-refractivity contribution in [3.05, 3.63) is 59.2 Å². The zero-order valence-electron chi connectivity index (χ0n) is 35.7. The van der Waals surface area contributed by atoms with Crippen LogP contribution in [0.4, 0.5) is 0 Å². The van der Waals surface area contributed by atoms with E-state index in [2.05, 4.69) is 80.8 Å². The molecule has 1 heterocycles. The molecule has 0 radical (unpaired) electrons. The fourth-order valence-electron chi connectivity index (χ4n) is 6.39. The van der Waals surface area contributed by atoms with Crippen molar-refractivity contribution in [1.82, 2.24) is 4.90 Å². The van der Waals surface area contributed by atoms with Crippen molar-refractivity contribution in [3.8, 4) is 11.1 Å². The van der Waals surface area contributed by atoms with E-state index in [1.807, 2.05) is 58.9 Å². The number of likely N-dealkylation sites (tertiary alicyclic amines) is 1. The topological polar surface area (TPSA) is 66.8 Å². The molecule has 4 atom stereocenters. The number of aryl methyl sites for hydroxylation is 1. The van der Waals surface area contributed by atoms with Crippen LogP contribution in [0.15, 0.2) is 42.5 Å². The van der Waals surface area contributed by atoms with E-state index in [4.69, 9.17) is 9.84 Å². The molecule has 8 heteroatoms. The zero-order valence-corrected chi connectivity index (χ0v) is 38.1. The largest absolute Gasteiger partial charge is 0.481 e. The lowest BCUT2D eigenvalue weighted by atomic mass is 9.91. The highest BCUT2D eigenvalue weighted by Crippen LogP contribution is 2.35. The molecule has 4 rings (SSSR count). The molecule has 2 aliphatic rings. The van der Waals surface area contributed by atoms with Crippen molar-refractivity contribution in [3.63, 3.8) is 0 Å². The molecule has 1 N–H and O–H groups in total. The lowest BCUT2D eigenvalue weighted by Crippen LogP contribution is -2.32. The van der Waals surface area contributed by atoms with Crippen molar-refractivity contribution in [2.75, 3.05) is 43.8 Å². The van der Waals surface area contributed by atoms with Crippen molar-refractivity contribution in [2.45, 2.75) is 144 Å². The van der Waals surface area contributed by atoms with Gasteiger partial charge >= 0.3 is 5.97 Å². The van der Waals surface area contributed by atoms with Gasteiger partial charge in [-0.25, -0.2) is 0 Å². The van der Waals surface area contributed by atoms with E-state index in [0.29, 0.717) is 11.3 Å². The Balaban J connectivity index is 0.00000112. The Kier molecular flexibility index (Phi) is 30.9. The minimum absolute atomic E-state index is 0.123. The summed E-state index contributed by atoms with van der Waals surface area (Å²) in [6.07, 6.45) is 12.4. The number of carbonyl (C=O) groups is 2. The van der Waals surface area contributed by atoms with Crippen molar-refractivity contribution in [1.29, 1.82) is 0 Å². The normalized spacial score (nSPS) is 18.0. The second kappa shape index (κ2) is 31.7. The summed E-state index contributed by atoms with van der Waals surface area (Å²) < 4.78 is 5.60. The minimum Gasteiger partial charge on any atom is -0.481 e. The van der Waals surface area contributed by atoms with E-state index < -0.39 is 5.97 Å². The van der Waals surface area contributed by atoms with E-state index in [1.54, 1.807) is 25.6 Å². The summed E-state index contributed by atoms with van der Waals surface area (Å²) in [5.74, 6) is 3.69. The smallest absolute Gasteiger partial charge is 0.306 e. The molecule has 0 aromatic heterocycles. The van der Waals surface area contributed by atoms with E-state index >= 15 is 0 Å². The van der Waals surface area contributed by atoms with Crippen molar-refractivity contribution in [2.24, 2.45) is 11.8 Å². The molecule has 0 bridgehead atoms. The Morgan fingerprint density at radius 3 is 2.17 bits per heavy atom. The van der Waals surface area contributed by atoms with Crippen molar-refractivity contribution >= 4 is 47.0 Å². The van der Waals surface area contributed by atoms with Gasteiger partial charge in [-0.3, -0.25) is 14.5 Å². The number of carbonyl (C=O) groups excluding carboxylic acids is 1. The van der Waals surface area contributed by atoms with Gasteiger partial charge in [0, 0.05) is 42.3 Å². The molecule has 5 nitrogen and oxygen atoms in total. The number of thioether (sulfide) groups is 3. The van der Waals surface area contributed by atoms with Crippen LogP contribution in [-0.4, -0.2) is 82.1 Å². The van der Waals surface area contributed by atoms with Crippen LogP contribution in [0.3, 0.4) is 0 Å². The first-order chi connectivity index (χ1) is 25.5. The SMILES string of the molecule is CC.CC.CCSC(C)CC.COCC1CC(SCC2CCCCC2)CN1Cc1ccc(C(C)=O)c(-c2ccccc2C)c1.CSCCC(C)C(=O)O. The number of hydrogen-bond acceptors (Lipinski definition) is 7. The monoisotopic (exact) mass is 792 g/mol. The maximum atomic E-state index is 12.4. The van der Waals surface area contributed by atoms with Gasteiger partial charge < -0.3 is 9.84 Å². The molecule has 2 aromatic carbocycles. The molecule has 0 amide bonds. The number of aliphatic carboxylic acids is 1. The number of rotatable bonds is 16. The average Bonchev–Trinajstić information content (AvgIpc) is 3.56.